The number of carbonyl (C=O) groups excluding carboxylic acids is 1. The molecule has 0 saturated carbocycles. The molecular weight excluding hydrogens is 1010 g/mol. The van der Waals surface area contributed by atoms with Crippen LogP contribution in [0.5, 0.6) is 0 Å². The lowest BCUT2D eigenvalue weighted by molar-refractivity contribution is -0.359. The summed E-state index contributed by atoms with van der Waals surface area (Å²) < 4.78 is 22.7. The number of allylic oxidation sites excluding steroid dienone is 11. The van der Waals surface area contributed by atoms with E-state index in [1.54, 1.807) is 6.08 Å². The smallest absolute Gasteiger partial charge is 0.220 e. The van der Waals surface area contributed by atoms with Gasteiger partial charge in [-0.05, 0) is 77.0 Å². The predicted molar refractivity (Wildman–Crippen MR) is 323 cm³/mol. The van der Waals surface area contributed by atoms with E-state index in [1.165, 1.54) is 148 Å². The largest absolute Gasteiger partial charge is 0.394 e. The number of unbranched alkanes of at least 4 members (excludes halogenated alkanes) is 28. The van der Waals surface area contributed by atoms with Crippen molar-refractivity contribution >= 4 is 5.91 Å². The molecule has 14 nitrogen and oxygen atoms in total. The highest BCUT2D eigenvalue weighted by Crippen LogP contribution is 2.30. The summed E-state index contributed by atoms with van der Waals surface area (Å²) in [5.74, 6) is -0.284. The van der Waals surface area contributed by atoms with Gasteiger partial charge in [-0.15, -0.1) is 0 Å². The quantitative estimate of drug-likeness (QED) is 0.0204. The lowest BCUT2D eigenvalue weighted by Crippen LogP contribution is -2.65. The minimum absolute atomic E-state index is 0.231. The van der Waals surface area contributed by atoms with Gasteiger partial charge in [-0.3, -0.25) is 4.79 Å². The van der Waals surface area contributed by atoms with Crippen LogP contribution >= 0.6 is 0 Å². The number of hydrogen-bond donors (Lipinski definition) is 9. The van der Waals surface area contributed by atoms with Crippen molar-refractivity contribution in [1.29, 1.82) is 0 Å². The van der Waals surface area contributed by atoms with Gasteiger partial charge in [-0.25, -0.2) is 0 Å². The lowest BCUT2D eigenvalue weighted by Gasteiger charge is -2.46. The van der Waals surface area contributed by atoms with Crippen LogP contribution in [0.25, 0.3) is 0 Å². The zero-order valence-electron chi connectivity index (χ0n) is 50.1. The molecule has 9 N–H and O–H groups in total. The fraction of sp³-hybridized carbons (Fsp3) is 0.803. The zero-order chi connectivity index (χ0) is 58.1. The number of hydrogen-bond acceptors (Lipinski definition) is 13. The summed E-state index contributed by atoms with van der Waals surface area (Å²) in [6.07, 6.45) is 51.3. The van der Waals surface area contributed by atoms with Crippen molar-refractivity contribution in [3.05, 3.63) is 72.9 Å². The molecule has 12 atom stereocenters. The minimum Gasteiger partial charge on any atom is -0.394 e. The second-order valence-electron chi connectivity index (χ2n) is 22.5. The molecule has 0 aromatic heterocycles. The lowest BCUT2D eigenvalue weighted by atomic mass is 9.97. The maximum absolute atomic E-state index is 13.2. The van der Waals surface area contributed by atoms with Crippen LogP contribution < -0.4 is 5.32 Å². The van der Waals surface area contributed by atoms with Crippen LogP contribution in [0.2, 0.25) is 0 Å². The first kappa shape index (κ1) is 73.5. The predicted octanol–water partition coefficient (Wildman–Crippen LogP) is 11.9. The van der Waals surface area contributed by atoms with Crippen LogP contribution in [-0.4, -0.2) is 140 Å². The Balaban J connectivity index is 1.69. The van der Waals surface area contributed by atoms with Crippen LogP contribution in [0.4, 0.5) is 0 Å². The number of ether oxygens (including phenoxy) is 4. The van der Waals surface area contributed by atoms with Crippen LogP contribution in [0.3, 0.4) is 0 Å². The third kappa shape index (κ3) is 35.5. The summed E-state index contributed by atoms with van der Waals surface area (Å²) in [5.41, 5.74) is 0. The Morgan fingerprint density at radius 3 is 1.38 bits per heavy atom. The molecule has 464 valence electrons. The molecule has 2 heterocycles. The number of aliphatic hydroxyl groups is 8. The minimum atomic E-state index is -1.80. The Morgan fingerprint density at radius 2 is 0.875 bits per heavy atom. The van der Waals surface area contributed by atoms with Crippen LogP contribution in [0, 0.1) is 0 Å². The van der Waals surface area contributed by atoms with Gasteiger partial charge in [-0.2, -0.15) is 0 Å². The average Bonchev–Trinajstić information content (AvgIpc) is 3.47. The van der Waals surface area contributed by atoms with Crippen molar-refractivity contribution < 1.29 is 64.6 Å². The topological polar surface area (TPSA) is 228 Å². The van der Waals surface area contributed by atoms with Gasteiger partial charge in [0.05, 0.1) is 32.0 Å². The maximum atomic E-state index is 13.2. The molecule has 2 rings (SSSR count). The molecule has 2 fully saturated rings. The van der Waals surface area contributed by atoms with Gasteiger partial charge in [0, 0.05) is 6.42 Å². The van der Waals surface area contributed by atoms with E-state index >= 15 is 0 Å². The van der Waals surface area contributed by atoms with Crippen LogP contribution in [-0.2, 0) is 23.7 Å². The fourth-order valence-corrected chi connectivity index (χ4v) is 10.2. The van der Waals surface area contributed by atoms with Crippen LogP contribution in [0.1, 0.15) is 245 Å². The van der Waals surface area contributed by atoms with Crippen molar-refractivity contribution in [3.8, 4) is 0 Å². The molecule has 1 amide bonds. The fourth-order valence-electron chi connectivity index (χ4n) is 10.2. The van der Waals surface area contributed by atoms with E-state index in [1.807, 2.05) is 6.08 Å². The Hall–Kier alpha value is -2.57. The number of amides is 1. The number of carbonyl (C=O) groups is 1. The normalized spacial score (nSPS) is 24.7. The standard InChI is InChI=1S/C66H117NO13/c1-3-5-7-9-11-13-15-17-18-19-20-21-22-23-24-25-26-27-28-29-30-31-32-33-34-35-36-38-39-41-43-45-47-49-55(70)54(67-58(71)50-48-46-44-42-40-37-16-14-12-10-8-6-4-2)53-77-65-63(76)61(74)64(57(52-69)79-65)80-66-62(75)60(73)59(72)56(51-68)78-66/h6,8,12,14,34-35,37,39-41,47,49,54-57,59-66,68-70,72-76H,3-5,7,9-11,13,15-33,36,38,42-46,48,50-53H2,1-2H3,(H,67,71)/b8-6-,14-12-,35-34+,40-37-,41-39+,49-47+. The Morgan fingerprint density at radius 1 is 0.463 bits per heavy atom. The summed E-state index contributed by atoms with van der Waals surface area (Å²) >= 11 is 0. The third-order valence-electron chi connectivity index (χ3n) is 15.4. The summed E-state index contributed by atoms with van der Waals surface area (Å²) in [5, 5.41) is 87.0. The molecule has 2 aliphatic rings. The highest BCUT2D eigenvalue weighted by Gasteiger charge is 2.51. The van der Waals surface area contributed by atoms with E-state index < -0.39 is 86.8 Å². The summed E-state index contributed by atoms with van der Waals surface area (Å²) in [6, 6.07) is -0.957. The van der Waals surface area contributed by atoms with E-state index in [2.05, 4.69) is 79.9 Å². The average molecular weight is 1130 g/mol. The van der Waals surface area contributed by atoms with Gasteiger partial charge in [0.25, 0.3) is 0 Å². The first-order valence-electron chi connectivity index (χ1n) is 32.2. The molecule has 80 heavy (non-hydrogen) atoms. The number of nitrogens with one attached hydrogen (secondary N) is 1. The van der Waals surface area contributed by atoms with E-state index in [9.17, 15) is 45.6 Å². The Kier molecular flexibility index (Phi) is 46.8. The molecule has 0 bridgehead atoms. The van der Waals surface area contributed by atoms with Crippen LogP contribution in [0.15, 0.2) is 72.9 Å². The second kappa shape index (κ2) is 50.9. The summed E-state index contributed by atoms with van der Waals surface area (Å²) in [6.45, 7) is 2.64. The molecule has 0 aromatic carbocycles. The SMILES string of the molecule is CC/C=C\C/C=C\C/C=C\CCCCCC(=O)NC(COC1OC(CO)C(OC2OC(CO)C(O)C(O)C2O)C(O)C1O)C(O)/C=C/CC/C=C/CC/C=C/CCCCCCCCCCCCCCCCCCCCCCCCC. The molecule has 0 radical (unpaired) electrons. The van der Waals surface area contributed by atoms with Gasteiger partial charge >= 0.3 is 0 Å². The van der Waals surface area contributed by atoms with E-state index in [0.29, 0.717) is 12.8 Å². The van der Waals surface area contributed by atoms with Crippen molar-refractivity contribution in [2.45, 2.75) is 319 Å². The van der Waals surface area contributed by atoms with Crippen molar-refractivity contribution in [2.24, 2.45) is 0 Å². The zero-order valence-corrected chi connectivity index (χ0v) is 50.1. The number of aliphatic hydroxyl groups excluding tert-OH is 8. The highest BCUT2D eigenvalue weighted by molar-refractivity contribution is 5.76. The molecule has 12 unspecified atom stereocenters. The molecule has 2 saturated heterocycles. The van der Waals surface area contributed by atoms with E-state index in [-0.39, 0.29) is 18.9 Å². The van der Waals surface area contributed by atoms with Gasteiger partial charge < -0.3 is 65.1 Å². The molecule has 2 aliphatic heterocycles. The van der Waals surface area contributed by atoms with Gasteiger partial charge in [0.15, 0.2) is 12.6 Å². The summed E-state index contributed by atoms with van der Waals surface area (Å²) in [4.78, 5) is 13.2. The van der Waals surface area contributed by atoms with Crippen molar-refractivity contribution in [2.75, 3.05) is 19.8 Å². The molecule has 14 heteroatoms. The maximum Gasteiger partial charge on any atom is 0.220 e. The molecule has 0 aromatic rings. The third-order valence-corrected chi connectivity index (χ3v) is 15.4. The van der Waals surface area contributed by atoms with Gasteiger partial charge in [0.2, 0.25) is 5.91 Å². The van der Waals surface area contributed by atoms with E-state index in [0.717, 1.165) is 64.2 Å². The van der Waals surface area contributed by atoms with Gasteiger partial charge in [0.1, 0.15) is 48.8 Å². The first-order chi connectivity index (χ1) is 39.1. The van der Waals surface area contributed by atoms with Crippen molar-refractivity contribution in [1.82, 2.24) is 5.32 Å². The van der Waals surface area contributed by atoms with Crippen molar-refractivity contribution in [3.63, 3.8) is 0 Å². The second-order valence-corrected chi connectivity index (χ2v) is 22.5. The first-order valence-corrected chi connectivity index (χ1v) is 32.2. The van der Waals surface area contributed by atoms with Gasteiger partial charge in [-0.1, -0.05) is 234 Å². The number of rotatable bonds is 51. The molecule has 0 spiro atoms. The monoisotopic (exact) mass is 1130 g/mol. The Labute approximate surface area is 485 Å². The highest BCUT2D eigenvalue weighted by atomic mass is 16.7. The van der Waals surface area contributed by atoms with E-state index in [4.69, 9.17) is 18.9 Å². The molecule has 0 aliphatic carbocycles. The summed E-state index contributed by atoms with van der Waals surface area (Å²) in [7, 11) is 0. The molecular formula is C66H117NO13. The Bertz CT molecular complexity index is 1620.